The molecule has 0 aliphatic heterocycles. The summed E-state index contributed by atoms with van der Waals surface area (Å²) in [6, 6.07) is 0. The number of carbonyl (C=O) groups is 4. The van der Waals surface area contributed by atoms with Crippen molar-refractivity contribution < 1.29 is 80.2 Å². The topological polar surface area (TPSA) is 237 Å². The lowest BCUT2D eigenvalue weighted by molar-refractivity contribution is -0.161. The monoisotopic (exact) mass is 1350 g/mol. The van der Waals surface area contributed by atoms with Gasteiger partial charge in [0.05, 0.1) is 26.4 Å². The Labute approximate surface area is 562 Å². The average molecular weight is 1350 g/mol. The largest absolute Gasteiger partial charge is 0.472 e. The maximum Gasteiger partial charge on any atom is 0.472 e. The molecule has 92 heavy (non-hydrogen) atoms. The number of phosphoric acid groups is 2. The SMILES string of the molecule is CCC(C)CCCCCCCCC(=O)OC[C@H](COP(=O)(O)OC[C@H](O)COP(=O)(O)OC[C@@H](COC(=O)CCCCCCCCC(C)C)OC(=O)CCCCCCCCCCCCCCC(C)C)OC(=O)CCCCCCCCCCCCCCCCCC(C)C. The molecule has 0 rings (SSSR count). The van der Waals surface area contributed by atoms with E-state index in [0.717, 1.165) is 120 Å². The van der Waals surface area contributed by atoms with Crippen molar-refractivity contribution in [2.24, 2.45) is 23.7 Å². The molecule has 546 valence electrons. The fourth-order valence-electron chi connectivity index (χ4n) is 11.0. The molecule has 19 heteroatoms. The van der Waals surface area contributed by atoms with Gasteiger partial charge in [0.2, 0.25) is 0 Å². The minimum Gasteiger partial charge on any atom is -0.462 e. The molecule has 0 saturated carbocycles. The molecule has 0 aromatic heterocycles. The lowest BCUT2D eigenvalue weighted by atomic mass is 10.00. The first-order valence-electron chi connectivity index (χ1n) is 37.7. The Morgan fingerprint density at radius 1 is 0.304 bits per heavy atom. The molecule has 6 atom stereocenters. The predicted molar refractivity (Wildman–Crippen MR) is 372 cm³/mol. The zero-order valence-corrected chi connectivity index (χ0v) is 62.0. The fourth-order valence-corrected chi connectivity index (χ4v) is 12.6. The highest BCUT2D eigenvalue weighted by Crippen LogP contribution is 2.45. The van der Waals surface area contributed by atoms with Gasteiger partial charge < -0.3 is 33.8 Å². The Morgan fingerprint density at radius 3 is 0.772 bits per heavy atom. The number of hydrogen-bond donors (Lipinski definition) is 3. The first-order valence-corrected chi connectivity index (χ1v) is 40.7. The second kappa shape index (κ2) is 62.6. The van der Waals surface area contributed by atoms with Crippen LogP contribution in [0, 0.1) is 23.7 Å². The molecular weight excluding hydrogens is 1210 g/mol. The van der Waals surface area contributed by atoms with Crippen molar-refractivity contribution in [3.05, 3.63) is 0 Å². The van der Waals surface area contributed by atoms with E-state index in [-0.39, 0.29) is 25.7 Å². The van der Waals surface area contributed by atoms with Crippen LogP contribution in [0.2, 0.25) is 0 Å². The molecule has 0 heterocycles. The van der Waals surface area contributed by atoms with Gasteiger partial charge in [-0.3, -0.25) is 37.3 Å². The smallest absolute Gasteiger partial charge is 0.462 e. The summed E-state index contributed by atoms with van der Waals surface area (Å²) >= 11 is 0. The van der Waals surface area contributed by atoms with E-state index >= 15 is 0 Å². The number of rotatable bonds is 70. The lowest BCUT2D eigenvalue weighted by Crippen LogP contribution is -2.30. The highest BCUT2D eigenvalue weighted by atomic mass is 31.2. The van der Waals surface area contributed by atoms with Gasteiger partial charge in [0, 0.05) is 25.7 Å². The van der Waals surface area contributed by atoms with E-state index in [1.165, 1.54) is 154 Å². The minimum absolute atomic E-state index is 0.105. The molecular formula is C73H142O17P2. The zero-order chi connectivity index (χ0) is 68.2. The van der Waals surface area contributed by atoms with Crippen LogP contribution in [0.3, 0.4) is 0 Å². The second-order valence-electron chi connectivity index (χ2n) is 28.0. The summed E-state index contributed by atoms with van der Waals surface area (Å²) in [5.74, 6) is 0.862. The Bertz CT molecular complexity index is 1820. The van der Waals surface area contributed by atoms with Crippen molar-refractivity contribution in [3.63, 3.8) is 0 Å². The maximum absolute atomic E-state index is 13.0. The fraction of sp³-hybridized carbons (Fsp3) is 0.945. The van der Waals surface area contributed by atoms with E-state index < -0.39 is 97.5 Å². The van der Waals surface area contributed by atoms with Crippen LogP contribution in [-0.4, -0.2) is 96.7 Å². The van der Waals surface area contributed by atoms with E-state index in [4.69, 9.17) is 37.0 Å². The molecule has 0 saturated heterocycles. The number of aliphatic hydroxyl groups excluding tert-OH is 1. The quantitative estimate of drug-likeness (QED) is 0.0222. The van der Waals surface area contributed by atoms with Gasteiger partial charge in [-0.25, -0.2) is 9.13 Å². The first-order chi connectivity index (χ1) is 44.1. The number of unbranched alkanes of at least 4 members (excludes halogenated alkanes) is 35. The van der Waals surface area contributed by atoms with E-state index in [1.807, 2.05) is 0 Å². The van der Waals surface area contributed by atoms with Crippen LogP contribution in [-0.2, 0) is 65.4 Å². The number of phosphoric ester groups is 2. The van der Waals surface area contributed by atoms with Crippen LogP contribution in [0.15, 0.2) is 0 Å². The van der Waals surface area contributed by atoms with Crippen molar-refractivity contribution >= 4 is 39.5 Å². The Kier molecular flexibility index (Phi) is 61.3. The van der Waals surface area contributed by atoms with Gasteiger partial charge in [-0.15, -0.1) is 0 Å². The molecule has 0 bridgehead atoms. The summed E-state index contributed by atoms with van der Waals surface area (Å²) in [5, 5.41) is 10.6. The van der Waals surface area contributed by atoms with Gasteiger partial charge in [-0.05, 0) is 49.4 Å². The van der Waals surface area contributed by atoms with Gasteiger partial charge in [0.25, 0.3) is 0 Å². The molecule has 0 spiro atoms. The van der Waals surface area contributed by atoms with Crippen molar-refractivity contribution in [2.45, 2.75) is 382 Å². The van der Waals surface area contributed by atoms with Gasteiger partial charge >= 0.3 is 39.5 Å². The van der Waals surface area contributed by atoms with Crippen LogP contribution in [0.1, 0.15) is 364 Å². The van der Waals surface area contributed by atoms with Crippen LogP contribution >= 0.6 is 15.6 Å². The predicted octanol–water partition coefficient (Wildman–Crippen LogP) is 20.9. The molecule has 0 aliphatic carbocycles. The summed E-state index contributed by atoms with van der Waals surface area (Å²) in [6.07, 6.45) is 46.0. The molecule has 0 amide bonds. The van der Waals surface area contributed by atoms with Gasteiger partial charge in [-0.2, -0.15) is 0 Å². The highest BCUT2D eigenvalue weighted by Gasteiger charge is 2.30. The molecule has 0 aliphatic rings. The Hall–Kier alpha value is -1.94. The highest BCUT2D eigenvalue weighted by molar-refractivity contribution is 7.47. The third kappa shape index (κ3) is 65.4. The maximum atomic E-state index is 13.0. The van der Waals surface area contributed by atoms with Crippen LogP contribution in [0.5, 0.6) is 0 Å². The molecule has 3 unspecified atom stereocenters. The average Bonchev–Trinajstić information content (AvgIpc) is 2.00. The van der Waals surface area contributed by atoms with Crippen molar-refractivity contribution in [2.75, 3.05) is 39.6 Å². The van der Waals surface area contributed by atoms with Crippen LogP contribution < -0.4 is 0 Å². The number of ether oxygens (including phenoxy) is 4. The van der Waals surface area contributed by atoms with Crippen LogP contribution in [0.4, 0.5) is 0 Å². The van der Waals surface area contributed by atoms with E-state index in [9.17, 15) is 43.2 Å². The molecule has 17 nitrogen and oxygen atoms in total. The number of carbonyl (C=O) groups excluding carboxylic acids is 4. The standard InChI is InChI=1S/C73H142O17P2/c1-9-66(8)52-44-36-30-32-38-46-54-71(76)84-60-69(90-72(77)55-47-39-27-23-19-14-12-10-11-13-17-21-25-33-41-49-63(2)3)62-88-92(81,82)86-58-67(74)57-85-91(79,80)87-61-68(59-83-70(75)53-45-37-31-29-35-43-51-65(6)7)89-73(78)56-48-40-28-24-20-16-15-18-22-26-34-42-50-64(4)5/h63-69,74H,9-62H2,1-8H3,(H,79,80)(H,81,82)/t66?,67-,68-,69-/m1/s1. The normalized spacial score (nSPS) is 14.5. The third-order valence-electron chi connectivity index (χ3n) is 17.2. The molecule has 3 N–H and O–H groups in total. The zero-order valence-electron chi connectivity index (χ0n) is 60.2. The summed E-state index contributed by atoms with van der Waals surface area (Å²) < 4.78 is 68.4. The van der Waals surface area contributed by atoms with Crippen molar-refractivity contribution in [1.29, 1.82) is 0 Å². The van der Waals surface area contributed by atoms with Gasteiger partial charge in [-0.1, -0.05) is 312 Å². The summed E-state index contributed by atoms with van der Waals surface area (Å²) in [4.78, 5) is 72.6. The Balaban J connectivity index is 5.21. The van der Waals surface area contributed by atoms with Crippen molar-refractivity contribution in [1.82, 2.24) is 0 Å². The number of hydrogen-bond acceptors (Lipinski definition) is 15. The second-order valence-corrected chi connectivity index (χ2v) is 30.9. The van der Waals surface area contributed by atoms with Gasteiger partial charge in [0.1, 0.15) is 19.3 Å². The van der Waals surface area contributed by atoms with Crippen molar-refractivity contribution in [3.8, 4) is 0 Å². The number of esters is 4. The first kappa shape index (κ1) is 90.1. The lowest BCUT2D eigenvalue weighted by Gasteiger charge is -2.21. The molecule has 0 aromatic rings. The summed E-state index contributed by atoms with van der Waals surface area (Å²) in [6.45, 7) is 14.1. The Morgan fingerprint density at radius 2 is 0.522 bits per heavy atom. The number of aliphatic hydroxyl groups is 1. The molecule has 0 aromatic carbocycles. The van der Waals surface area contributed by atoms with E-state index in [2.05, 4.69) is 55.4 Å². The molecule has 0 fully saturated rings. The van der Waals surface area contributed by atoms with E-state index in [1.54, 1.807) is 0 Å². The summed E-state index contributed by atoms with van der Waals surface area (Å²) in [5.41, 5.74) is 0. The van der Waals surface area contributed by atoms with Crippen LogP contribution in [0.25, 0.3) is 0 Å². The molecule has 0 radical (unpaired) electrons. The van der Waals surface area contributed by atoms with E-state index in [0.29, 0.717) is 31.6 Å². The minimum atomic E-state index is -4.95. The summed E-state index contributed by atoms with van der Waals surface area (Å²) in [7, 11) is -9.91. The third-order valence-corrected chi connectivity index (χ3v) is 19.1. The van der Waals surface area contributed by atoms with Gasteiger partial charge in [0.15, 0.2) is 12.2 Å².